The molecule has 0 amide bonds. The number of rotatable bonds is 7. The number of non-ortho nitro benzene ring substituents is 1. The van der Waals surface area contributed by atoms with Crippen molar-refractivity contribution >= 4 is 27.2 Å². The second-order valence-electron chi connectivity index (χ2n) is 7.01. The fourth-order valence-electron chi connectivity index (χ4n) is 3.52. The third-order valence-corrected chi connectivity index (χ3v) is 8.49. The van der Waals surface area contributed by atoms with Gasteiger partial charge in [0.1, 0.15) is 17.3 Å². The van der Waals surface area contributed by atoms with E-state index in [9.17, 15) is 20.0 Å². The minimum atomic E-state index is -2.48. The maximum Gasteiger partial charge on any atom is 0.343 e. The van der Waals surface area contributed by atoms with Gasteiger partial charge in [0.2, 0.25) is 0 Å². The molecule has 1 aliphatic rings. The largest absolute Gasteiger partial charge is 0.488 e. The molecule has 0 aromatic heterocycles. The molecule has 0 fully saturated rings. The lowest BCUT2D eigenvalue weighted by Crippen LogP contribution is -2.12. The molecule has 3 aromatic carbocycles. The quantitative estimate of drug-likeness (QED) is 0.380. The highest BCUT2D eigenvalue weighted by atomic mass is 32.3. The molecule has 1 aliphatic heterocycles. The second kappa shape index (κ2) is 8.98. The summed E-state index contributed by atoms with van der Waals surface area (Å²) >= 11 is 0. The van der Waals surface area contributed by atoms with Crippen molar-refractivity contribution in [2.75, 3.05) is 0 Å². The van der Waals surface area contributed by atoms with Gasteiger partial charge >= 0.3 is 5.97 Å². The number of benzene rings is 3. The van der Waals surface area contributed by atoms with Gasteiger partial charge in [-0.15, -0.1) is 10.0 Å². The molecule has 0 saturated heterocycles. The maximum atomic E-state index is 12.2. The monoisotopic (exact) mass is 459 g/mol. The van der Waals surface area contributed by atoms with Crippen LogP contribution in [0.5, 0.6) is 5.75 Å². The number of nitro benzene ring substituents is 1. The van der Waals surface area contributed by atoms with Crippen LogP contribution < -0.4 is 4.74 Å². The molecule has 1 unspecified atom stereocenters. The van der Waals surface area contributed by atoms with E-state index < -0.39 is 20.9 Å². The molecule has 164 valence electrons. The third-order valence-electron chi connectivity index (χ3n) is 5.03. The van der Waals surface area contributed by atoms with E-state index in [1.165, 1.54) is 18.3 Å². The summed E-state index contributed by atoms with van der Waals surface area (Å²) in [6.07, 6.45) is 1.31. The number of nitriles is 1. The minimum Gasteiger partial charge on any atom is -0.488 e. The van der Waals surface area contributed by atoms with E-state index in [0.717, 1.165) is 5.56 Å². The van der Waals surface area contributed by atoms with Gasteiger partial charge in [-0.1, -0.05) is 24.3 Å². The highest BCUT2D eigenvalue weighted by molar-refractivity contribution is 8.47. The number of hydrogen-bond donors (Lipinski definition) is 1. The van der Waals surface area contributed by atoms with Crippen LogP contribution in [0.2, 0.25) is 0 Å². The molecule has 33 heavy (non-hydrogen) atoms. The fraction of sp³-hybridized carbons (Fsp3) is 0.0417. The van der Waals surface area contributed by atoms with Crippen molar-refractivity contribution in [3.63, 3.8) is 0 Å². The molecule has 0 bridgehead atoms. The van der Waals surface area contributed by atoms with E-state index in [1.807, 2.05) is 6.07 Å². The molecule has 3 aromatic rings. The first-order chi connectivity index (χ1) is 16.0. The first-order valence-electron chi connectivity index (χ1n) is 9.71. The Kier molecular flexibility index (Phi) is 5.93. The number of carboxylic acid groups (broad SMARTS) is 1. The van der Waals surface area contributed by atoms with Crippen molar-refractivity contribution in [2.24, 2.45) is 4.99 Å². The van der Waals surface area contributed by atoms with E-state index in [0.29, 0.717) is 21.1 Å². The van der Waals surface area contributed by atoms with Crippen molar-refractivity contribution in [1.29, 1.82) is 5.26 Å². The number of carbonyl (C=O) groups is 1. The summed E-state index contributed by atoms with van der Waals surface area (Å²) in [5, 5.41) is 30.2. The van der Waals surface area contributed by atoms with Gasteiger partial charge in [0, 0.05) is 28.1 Å². The lowest BCUT2D eigenvalue weighted by molar-refractivity contribution is -0.384. The molecule has 1 atom stereocenters. The zero-order chi connectivity index (χ0) is 23.4. The molecule has 0 radical (unpaired) electrons. The van der Waals surface area contributed by atoms with Gasteiger partial charge in [0.05, 0.1) is 22.1 Å². The standard InChI is InChI=1S/C24H17N3O5S/c25-13-17-4-3-5-18(12-17)15-32-21-6-1-2-7-22(21)33(16-26-14-23(33)24(28)29)20-10-8-19(9-11-20)27(30)31/h1-12,14,16H,15H2,(H,28,29). The predicted octanol–water partition coefficient (Wildman–Crippen LogP) is 5.24. The number of nitrogens with zero attached hydrogens (tertiary/aromatic N) is 3. The lowest BCUT2D eigenvalue weighted by Gasteiger charge is -2.35. The van der Waals surface area contributed by atoms with Crippen molar-refractivity contribution in [1.82, 2.24) is 0 Å². The summed E-state index contributed by atoms with van der Waals surface area (Å²) in [7, 11) is -2.48. The normalized spacial score (nSPS) is 18.6. The van der Waals surface area contributed by atoms with E-state index >= 15 is 0 Å². The van der Waals surface area contributed by atoms with Gasteiger partial charge < -0.3 is 9.84 Å². The minimum absolute atomic E-state index is 0.0823. The van der Waals surface area contributed by atoms with E-state index in [-0.39, 0.29) is 17.2 Å². The predicted molar refractivity (Wildman–Crippen MR) is 123 cm³/mol. The van der Waals surface area contributed by atoms with E-state index in [4.69, 9.17) is 10.00 Å². The Bertz CT molecular complexity index is 1340. The molecular formula is C24H17N3O5S. The third kappa shape index (κ3) is 4.07. The molecule has 4 rings (SSSR count). The zero-order valence-electron chi connectivity index (χ0n) is 17.1. The SMILES string of the molecule is N#Cc1cccc(COc2ccccc2S2(c3ccc([N+](=O)[O-])cc3)C=NC=C2C(=O)O)c1. The first kappa shape index (κ1) is 21.8. The van der Waals surface area contributed by atoms with E-state index in [2.05, 4.69) is 11.1 Å². The molecule has 0 spiro atoms. The molecule has 0 aliphatic carbocycles. The Hall–Kier alpha value is -4.42. The van der Waals surface area contributed by atoms with Crippen molar-refractivity contribution in [2.45, 2.75) is 16.4 Å². The first-order valence-corrected chi connectivity index (χ1v) is 11.4. The van der Waals surface area contributed by atoms with Gasteiger partial charge in [0.15, 0.2) is 0 Å². The van der Waals surface area contributed by atoms with Crippen molar-refractivity contribution in [3.05, 3.63) is 105 Å². The molecular weight excluding hydrogens is 442 g/mol. The molecule has 9 heteroatoms. The average molecular weight is 459 g/mol. The molecule has 1 heterocycles. The number of aliphatic carboxylic acids is 1. The van der Waals surface area contributed by atoms with Crippen molar-refractivity contribution in [3.8, 4) is 11.8 Å². The van der Waals surface area contributed by atoms with Gasteiger partial charge in [-0.2, -0.15) is 5.26 Å². The summed E-state index contributed by atoms with van der Waals surface area (Å²) < 4.78 is 6.09. The lowest BCUT2D eigenvalue weighted by atomic mass is 10.1. The van der Waals surface area contributed by atoms with Crippen LogP contribution in [-0.2, 0) is 11.4 Å². The van der Waals surface area contributed by atoms with Crippen LogP contribution >= 0.6 is 10.0 Å². The molecule has 1 N–H and O–H groups in total. The van der Waals surface area contributed by atoms with Crippen LogP contribution in [0, 0.1) is 21.4 Å². The van der Waals surface area contributed by atoms with Crippen LogP contribution in [0.3, 0.4) is 0 Å². The van der Waals surface area contributed by atoms with Crippen LogP contribution in [0.1, 0.15) is 11.1 Å². The number of nitro groups is 1. The Labute approximate surface area is 190 Å². The topological polar surface area (TPSA) is 126 Å². The second-order valence-corrected chi connectivity index (χ2v) is 9.89. The molecule has 8 nitrogen and oxygen atoms in total. The summed E-state index contributed by atoms with van der Waals surface area (Å²) in [4.78, 5) is 28.3. The highest BCUT2D eigenvalue weighted by Crippen LogP contribution is 2.70. The Morgan fingerprint density at radius 2 is 1.88 bits per heavy atom. The van der Waals surface area contributed by atoms with Gasteiger partial charge in [-0.05, 0) is 42.0 Å². The smallest absolute Gasteiger partial charge is 0.343 e. The van der Waals surface area contributed by atoms with Gasteiger partial charge in [-0.3, -0.25) is 15.1 Å². The van der Waals surface area contributed by atoms with Crippen LogP contribution in [0.25, 0.3) is 0 Å². The van der Waals surface area contributed by atoms with E-state index in [1.54, 1.807) is 60.1 Å². The highest BCUT2D eigenvalue weighted by Gasteiger charge is 2.40. The van der Waals surface area contributed by atoms with Gasteiger partial charge in [0.25, 0.3) is 5.69 Å². The summed E-state index contributed by atoms with van der Waals surface area (Å²) in [6, 6.07) is 22.0. The van der Waals surface area contributed by atoms with Crippen molar-refractivity contribution < 1.29 is 19.6 Å². The Morgan fingerprint density at radius 1 is 1.12 bits per heavy atom. The summed E-state index contributed by atoms with van der Waals surface area (Å²) in [5.41, 5.74) is 2.80. The summed E-state index contributed by atoms with van der Waals surface area (Å²) in [5.74, 6) is -0.661. The Balaban J connectivity index is 1.80. The fourth-order valence-corrected chi connectivity index (χ4v) is 6.66. The van der Waals surface area contributed by atoms with Crippen LogP contribution in [-0.4, -0.2) is 21.5 Å². The number of ether oxygens (including phenoxy) is 1. The van der Waals surface area contributed by atoms with Crippen LogP contribution in [0.15, 0.2) is 98.7 Å². The maximum absolute atomic E-state index is 12.2. The number of carboxylic acids is 1. The number of aliphatic imine (C=N–C) groups is 1. The number of para-hydroxylation sites is 1. The summed E-state index contributed by atoms with van der Waals surface area (Å²) in [6.45, 7) is 0.172. The van der Waals surface area contributed by atoms with Gasteiger partial charge in [-0.25, -0.2) is 4.79 Å². The number of hydrogen-bond acceptors (Lipinski definition) is 6. The average Bonchev–Trinajstić information content (AvgIpc) is 3.29. The molecule has 0 saturated carbocycles. The Morgan fingerprint density at radius 3 is 2.58 bits per heavy atom. The van der Waals surface area contributed by atoms with Crippen LogP contribution in [0.4, 0.5) is 5.69 Å². The zero-order valence-corrected chi connectivity index (χ0v) is 17.9.